The number of carbonyl (C=O) groups is 2. The molecule has 4 unspecified atom stereocenters. The second-order valence-corrected chi connectivity index (χ2v) is 6.28. The highest BCUT2D eigenvalue weighted by molar-refractivity contribution is 5.88. The molecule has 1 saturated heterocycles. The maximum Gasteiger partial charge on any atom is 0.225 e. The summed E-state index contributed by atoms with van der Waals surface area (Å²) in [6.07, 6.45) is 1.25. The first kappa shape index (κ1) is 15.3. The zero-order valence-electron chi connectivity index (χ0n) is 12.6. The van der Waals surface area contributed by atoms with Crippen molar-refractivity contribution in [1.82, 2.24) is 5.32 Å². The monoisotopic (exact) mass is 284 g/mol. The van der Waals surface area contributed by atoms with Gasteiger partial charge in [0.25, 0.3) is 0 Å². The van der Waals surface area contributed by atoms with Crippen LogP contribution in [0.3, 0.4) is 0 Å². The maximum absolute atomic E-state index is 12.4. The van der Waals surface area contributed by atoms with Crippen molar-refractivity contribution in [3.8, 4) is 0 Å². The number of amides is 1. The summed E-state index contributed by atoms with van der Waals surface area (Å²) in [5, 5.41) is 14.1. The van der Waals surface area contributed by atoms with Crippen LogP contribution in [0, 0.1) is 17.3 Å². The summed E-state index contributed by atoms with van der Waals surface area (Å²) >= 11 is 0. The van der Waals surface area contributed by atoms with Crippen molar-refractivity contribution in [2.24, 2.45) is 17.3 Å². The molecular formula is C14H22NO5-. The number of hydrogen-bond donors (Lipinski definition) is 1. The molecule has 1 amide bonds. The highest BCUT2D eigenvalue weighted by Crippen LogP contribution is 2.62. The van der Waals surface area contributed by atoms with Crippen LogP contribution in [0.15, 0.2) is 0 Å². The first-order valence-corrected chi connectivity index (χ1v) is 6.82. The van der Waals surface area contributed by atoms with E-state index in [1.165, 1.54) is 6.92 Å². The van der Waals surface area contributed by atoms with Crippen LogP contribution < -0.4 is 10.4 Å². The Kier molecular flexibility index (Phi) is 3.38. The van der Waals surface area contributed by atoms with Crippen LogP contribution >= 0.6 is 0 Å². The summed E-state index contributed by atoms with van der Waals surface area (Å²) in [4.78, 5) is 23.6. The molecule has 0 bridgehead atoms. The minimum Gasteiger partial charge on any atom is -0.550 e. The fourth-order valence-corrected chi connectivity index (χ4v) is 4.29. The van der Waals surface area contributed by atoms with Crippen molar-refractivity contribution in [1.29, 1.82) is 0 Å². The molecule has 114 valence electrons. The van der Waals surface area contributed by atoms with Crippen LogP contribution in [-0.2, 0) is 19.1 Å². The van der Waals surface area contributed by atoms with Gasteiger partial charge in [-0.05, 0) is 13.3 Å². The zero-order valence-corrected chi connectivity index (χ0v) is 12.6. The highest BCUT2D eigenvalue weighted by atomic mass is 16.7. The van der Waals surface area contributed by atoms with E-state index in [2.05, 4.69) is 5.32 Å². The largest absolute Gasteiger partial charge is 0.550 e. The second kappa shape index (κ2) is 4.43. The average molecular weight is 284 g/mol. The summed E-state index contributed by atoms with van der Waals surface area (Å²) in [6, 6.07) is 0. The first-order valence-electron chi connectivity index (χ1n) is 6.82. The summed E-state index contributed by atoms with van der Waals surface area (Å²) in [5.41, 5.74) is -1.33. The number of hydrogen-bond acceptors (Lipinski definition) is 5. The Morgan fingerprint density at radius 2 is 1.90 bits per heavy atom. The van der Waals surface area contributed by atoms with Gasteiger partial charge in [-0.1, -0.05) is 13.8 Å². The first-order chi connectivity index (χ1) is 9.19. The van der Waals surface area contributed by atoms with E-state index in [0.717, 1.165) is 0 Å². The smallest absolute Gasteiger partial charge is 0.225 e. The van der Waals surface area contributed by atoms with E-state index >= 15 is 0 Å². The van der Waals surface area contributed by atoms with Gasteiger partial charge in [0.1, 0.15) is 0 Å². The van der Waals surface area contributed by atoms with E-state index in [1.807, 2.05) is 13.8 Å². The van der Waals surface area contributed by atoms with Crippen LogP contribution in [0.4, 0.5) is 0 Å². The van der Waals surface area contributed by atoms with Crippen LogP contribution in [0.1, 0.15) is 33.6 Å². The van der Waals surface area contributed by atoms with Gasteiger partial charge < -0.3 is 24.7 Å². The quantitative estimate of drug-likeness (QED) is 0.714. The third-order valence-electron chi connectivity index (χ3n) is 5.75. The van der Waals surface area contributed by atoms with Gasteiger partial charge in [0.2, 0.25) is 5.91 Å². The van der Waals surface area contributed by atoms with Crippen molar-refractivity contribution in [3.05, 3.63) is 0 Å². The molecule has 1 N–H and O–H groups in total. The van der Waals surface area contributed by atoms with E-state index in [0.29, 0.717) is 12.8 Å². The van der Waals surface area contributed by atoms with Crippen molar-refractivity contribution in [3.63, 3.8) is 0 Å². The Labute approximate surface area is 118 Å². The number of carbonyl (C=O) groups excluding carboxylic acids is 2. The molecule has 4 atom stereocenters. The molecule has 0 aromatic rings. The minimum absolute atomic E-state index is 0.273. The molecule has 1 saturated carbocycles. The van der Waals surface area contributed by atoms with Crippen LogP contribution in [0.5, 0.6) is 0 Å². The Balaban J connectivity index is 2.50. The molecule has 0 aromatic heterocycles. The predicted molar refractivity (Wildman–Crippen MR) is 68.3 cm³/mol. The standard InChI is InChI=1S/C14H23NO5/c1-8(11(17)18)9-10(16)15-13(3)12(9,2)6-7-14(13,19-4)20-5/h8-9H,6-7H2,1-5H3,(H,15,16)(H,17,18)/p-1. The molecule has 20 heavy (non-hydrogen) atoms. The molecule has 6 heteroatoms. The van der Waals surface area contributed by atoms with E-state index in [9.17, 15) is 14.7 Å². The fourth-order valence-electron chi connectivity index (χ4n) is 4.29. The van der Waals surface area contributed by atoms with Crippen molar-refractivity contribution in [2.75, 3.05) is 14.2 Å². The van der Waals surface area contributed by atoms with Crippen molar-refractivity contribution >= 4 is 11.9 Å². The van der Waals surface area contributed by atoms with Gasteiger partial charge in [0.15, 0.2) is 5.79 Å². The van der Waals surface area contributed by atoms with Gasteiger partial charge in [-0.15, -0.1) is 0 Å². The number of methoxy groups -OCH3 is 2. The van der Waals surface area contributed by atoms with Crippen LogP contribution in [0.2, 0.25) is 0 Å². The Bertz CT molecular complexity index is 447. The van der Waals surface area contributed by atoms with Gasteiger partial charge in [-0.25, -0.2) is 0 Å². The molecule has 2 rings (SSSR count). The predicted octanol–water partition coefficient (Wildman–Crippen LogP) is -0.334. The summed E-state index contributed by atoms with van der Waals surface area (Å²) < 4.78 is 11.1. The van der Waals surface area contributed by atoms with E-state index < -0.39 is 34.5 Å². The van der Waals surface area contributed by atoms with Gasteiger partial charge >= 0.3 is 0 Å². The lowest BCUT2D eigenvalue weighted by Crippen LogP contribution is -2.62. The number of nitrogens with one attached hydrogen (secondary N) is 1. The fraction of sp³-hybridized carbons (Fsp3) is 0.857. The lowest BCUT2D eigenvalue weighted by molar-refractivity contribution is -0.313. The molecule has 2 fully saturated rings. The lowest BCUT2D eigenvalue weighted by atomic mass is 9.64. The Hall–Kier alpha value is -1.14. The van der Waals surface area contributed by atoms with Crippen molar-refractivity contribution < 1.29 is 24.2 Å². The number of carboxylic acids is 1. The van der Waals surface area contributed by atoms with Gasteiger partial charge in [0.05, 0.1) is 11.5 Å². The Morgan fingerprint density at radius 1 is 1.35 bits per heavy atom. The van der Waals surface area contributed by atoms with Crippen molar-refractivity contribution in [2.45, 2.75) is 44.9 Å². The molecule has 0 aromatic carbocycles. The van der Waals surface area contributed by atoms with Gasteiger partial charge in [-0.3, -0.25) is 4.79 Å². The SMILES string of the molecule is COC1(OC)CCC2(C)C(C(C)C(=O)[O-])C(=O)NC12C. The molecular weight excluding hydrogens is 262 g/mol. The number of ether oxygens (including phenoxy) is 2. The normalized spacial score (nSPS) is 40.2. The molecule has 0 radical (unpaired) electrons. The third-order valence-corrected chi connectivity index (χ3v) is 5.75. The highest BCUT2D eigenvalue weighted by Gasteiger charge is 2.73. The van der Waals surface area contributed by atoms with Crippen LogP contribution in [-0.4, -0.2) is 37.4 Å². The average Bonchev–Trinajstić information content (AvgIpc) is 2.71. The summed E-state index contributed by atoms with van der Waals surface area (Å²) in [7, 11) is 3.09. The Morgan fingerprint density at radius 3 is 2.35 bits per heavy atom. The number of aliphatic carboxylic acids is 1. The summed E-state index contributed by atoms with van der Waals surface area (Å²) in [5.74, 6) is -3.92. The maximum atomic E-state index is 12.4. The second-order valence-electron chi connectivity index (χ2n) is 6.28. The molecule has 0 spiro atoms. The topological polar surface area (TPSA) is 87.7 Å². The van der Waals surface area contributed by atoms with E-state index in [1.54, 1.807) is 14.2 Å². The third kappa shape index (κ3) is 1.52. The number of carboxylic acid groups (broad SMARTS) is 1. The number of rotatable bonds is 4. The van der Waals surface area contributed by atoms with Gasteiger partial charge in [0, 0.05) is 37.9 Å². The molecule has 2 aliphatic rings. The molecule has 6 nitrogen and oxygen atoms in total. The van der Waals surface area contributed by atoms with Crippen LogP contribution in [0.25, 0.3) is 0 Å². The van der Waals surface area contributed by atoms with E-state index in [-0.39, 0.29) is 5.91 Å². The van der Waals surface area contributed by atoms with Gasteiger partial charge in [-0.2, -0.15) is 0 Å². The summed E-state index contributed by atoms with van der Waals surface area (Å²) in [6.45, 7) is 5.32. The molecule has 1 aliphatic carbocycles. The minimum atomic E-state index is -1.21. The number of fused-ring (bicyclic) bond motifs is 1. The zero-order chi connectivity index (χ0) is 15.3. The molecule has 1 aliphatic heterocycles. The van der Waals surface area contributed by atoms with E-state index in [4.69, 9.17) is 9.47 Å². The molecule has 1 heterocycles. The lowest BCUT2D eigenvalue weighted by Gasteiger charge is -2.46.